The van der Waals surface area contributed by atoms with Crippen LogP contribution in [-0.4, -0.2) is 47.0 Å². The number of aromatic nitrogens is 3. The number of carbonyl (C=O) groups is 1. The summed E-state index contributed by atoms with van der Waals surface area (Å²) in [7, 11) is 1.89. The van der Waals surface area contributed by atoms with Gasteiger partial charge < -0.3 is 15.0 Å². The number of nitrogens with one attached hydrogen (secondary N) is 1. The first-order valence-electron chi connectivity index (χ1n) is 9.28. The van der Waals surface area contributed by atoms with Crippen molar-refractivity contribution in [1.29, 1.82) is 0 Å². The number of thiazole rings is 1. The Morgan fingerprint density at radius 2 is 2.14 bits per heavy atom. The molecule has 0 bridgehead atoms. The Morgan fingerprint density at radius 1 is 1.36 bits per heavy atom. The highest BCUT2D eigenvalue weighted by Crippen LogP contribution is 2.35. The van der Waals surface area contributed by atoms with E-state index in [1.165, 1.54) is 11.3 Å². The average Bonchev–Trinajstić information content (AvgIpc) is 3.35. The number of anilines is 1. The number of morpholine rings is 1. The summed E-state index contributed by atoms with van der Waals surface area (Å²) < 4.78 is 8.23. The van der Waals surface area contributed by atoms with Crippen molar-refractivity contribution in [2.45, 2.75) is 20.3 Å². The van der Waals surface area contributed by atoms with Gasteiger partial charge >= 0.3 is 0 Å². The summed E-state index contributed by atoms with van der Waals surface area (Å²) in [4.78, 5) is 21.3. The fraction of sp³-hybridized carbons (Fsp3) is 0.421. The topological polar surface area (TPSA) is 72.3 Å². The highest BCUT2D eigenvalue weighted by atomic mass is 32.1. The molecule has 3 aromatic rings. The first kappa shape index (κ1) is 19.1. The monoisotopic (exact) mass is 417 g/mol. The fourth-order valence-corrected chi connectivity index (χ4v) is 5.25. The lowest BCUT2D eigenvalue weighted by atomic mass is 10.2. The van der Waals surface area contributed by atoms with Gasteiger partial charge in [-0.2, -0.15) is 5.10 Å². The maximum absolute atomic E-state index is 12.7. The Kier molecular flexibility index (Phi) is 5.47. The first-order valence-corrected chi connectivity index (χ1v) is 10.9. The largest absolute Gasteiger partial charge is 0.378 e. The SMILES string of the molecule is CC/C(=C\c1nn(C)cc1C)NC(=O)c1cc2sc(N3CCOCC3)nc2s1. The minimum Gasteiger partial charge on any atom is -0.378 e. The average molecular weight is 418 g/mol. The van der Waals surface area contributed by atoms with Gasteiger partial charge in [-0.1, -0.05) is 18.3 Å². The van der Waals surface area contributed by atoms with Crippen molar-refractivity contribution in [2.75, 3.05) is 31.2 Å². The van der Waals surface area contributed by atoms with Crippen LogP contribution in [0.5, 0.6) is 0 Å². The quantitative estimate of drug-likeness (QED) is 0.689. The van der Waals surface area contributed by atoms with Gasteiger partial charge in [0.2, 0.25) is 0 Å². The van der Waals surface area contributed by atoms with Crippen LogP contribution in [0.1, 0.15) is 34.3 Å². The molecule has 9 heteroatoms. The molecule has 0 unspecified atom stereocenters. The number of rotatable bonds is 5. The van der Waals surface area contributed by atoms with Crippen molar-refractivity contribution in [3.05, 3.63) is 34.1 Å². The number of carbonyl (C=O) groups excluding carboxylic acids is 1. The zero-order chi connectivity index (χ0) is 19.7. The standard InChI is InChI=1S/C19H23N5O2S2/c1-4-13(9-14-12(2)11-23(3)22-14)20-17(25)15-10-16-18(27-15)21-19(28-16)24-5-7-26-8-6-24/h9-11H,4-8H2,1-3H3,(H,20,25)/b13-9+. The normalized spacial score (nSPS) is 15.4. The molecule has 1 saturated heterocycles. The summed E-state index contributed by atoms with van der Waals surface area (Å²) in [6.45, 7) is 7.25. The first-order chi connectivity index (χ1) is 13.5. The zero-order valence-corrected chi connectivity index (χ0v) is 17.8. The molecule has 0 atom stereocenters. The maximum Gasteiger partial charge on any atom is 0.265 e. The van der Waals surface area contributed by atoms with Crippen molar-refractivity contribution in [2.24, 2.45) is 7.05 Å². The molecule has 4 rings (SSSR count). The Balaban J connectivity index is 1.50. The van der Waals surface area contributed by atoms with E-state index in [0.29, 0.717) is 4.88 Å². The molecule has 1 amide bonds. The number of nitrogens with zero attached hydrogens (tertiary/aromatic N) is 4. The molecule has 28 heavy (non-hydrogen) atoms. The predicted molar refractivity (Wildman–Crippen MR) is 114 cm³/mol. The third-order valence-electron chi connectivity index (χ3n) is 4.60. The van der Waals surface area contributed by atoms with E-state index in [0.717, 1.165) is 64.3 Å². The smallest absolute Gasteiger partial charge is 0.265 e. The molecular formula is C19H23N5O2S2. The number of fused-ring (bicyclic) bond motifs is 1. The molecule has 0 aromatic carbocycles. The van der Waals surface area contributed by atoms with Gasteiger partial charge in [0.15, 0.2) is 5.13 Å². The van der Waals surface area contributed by atoms with Crippen LogP contribution < -0.4 is 10.2 Å². The fourth-order valence-electron chi connectivity index (χ4n) is 3.09. The van der Waals surface area contributed by atoms with Crippen LogP contribution in [0.2, 0.25) is 0 Å². The Hall–Kier alpha value is -2.23. The van der Waals surface area contributed by atoms with Crippen molar-refractivity contribution in [3.63, 3.8) is 0 Å². The molecule has 0 aliphatic carbocycles. The van der Waals surface area contributed by atoms with Gasteiger partial charge in [0, 0.05) is 32.0 Å². The lowest BCUT2D eigenvalue weighted by Gasteiger charge is -2.25. The van der Waals surface area contributed by atoms with Crippen LogP contribution >= 0.6 is 22.7 Å². The van der Waals surface area contributed by atoms with E-state index in [1.54, 1.807) is 16.0 Å². The predicted octanol–water partition coefficient (Wildman–Crippen LogP) is 3.42. The lowest BCUT2D eigenvalue weighted by Crippen LogP contribution is -2.36. The van der Waals surface area contributed by atoms with Gasteiger partial charge in [-0.05, 0) is 31.1 Å². The summed E-state index contributed by atoms with van der Waals surface area (Å²) in [5, 5.41) is 8.47. The van der Waals surface area contributed by atoms with Crippen LogP contribution in [0, 0.1) is 6.92 Å². The van der Waals surface area contributed by atoms with Gasteiger partial charge in [-0.25, -0.2) is 4.98 Å². The lowest BCUT2D eigenvalue weighted by molar-refractivity contribution is 0.0969. The molecule has 3 aromatic heterocycles. The molecule has 7 nitrogen and oxygen atoms in total. The van der Waals surface area contributed by atoms with Gasteiger partial charge in [0.05, 0.1) is 28.5 Å². The summed E-state index contributed by atoms with van der Waals surface area (Å²) >= 11 is 3.07. The van der Waals surface area contributed by atoms with Gasteiger partial charge in [-0.3, -0.25) is 9.48 Å². The minimum atomic E-state index is -0.0928. The van der Waals surface area contributed by atoms with Crippen LogP contribution in [0.3, 0.4) is 0 Å². The molecule has 4 heterocycles. The number of ether oxygens (including phenoxy) is 1. The Bertz CT molecular complexity index is 995. The molecule has 1 fully saturated rings. The second-order valence-electron chi connectivity index (χ2n) is 6.72. The van der Waals surface area contributed by atoms with E-state index in [1.807, 2.05) is 39.2 Å². The number of hydrogen-bond acceptors (Lipinski definition) is 7. The highest BCUT2D eigenvalue weighted by molar-refractivity contribution is 7.29. The van der Waals surface area contributed by atoms with Gasteiger partial charge in [0.25, 0.3) is 5.91 Å². The van der Waals surface area contributed by atoms with Crippen molar-refractivity contribution in [3.8, 4) is 0 Å². The summed E-state index contributed by atoms with van der Waals surface area (Å²) in [6.07, 6.45) is 4.63. The third-order valence-corrected chi connectivity index (χ3v) is 6.82. The molecule has 0 spiro atoms. The van der Waals surface area contributed by atoms with Gasteiger partial charge in [0.1, 0.15) is 4.83 Å². The molecular weight excluding hydrogens is 394 g/mol. The molecule has 0 radical (unpaired) electrons. The number of thiophene rings is 1. The molecule has 148 valence electrons. The number of hydrogen-bond donors (Lipinski definition) is 1. The van der Waals surface area contributed by atoms with E-state index in [9.17, 15) is 4.79 Å². The Morgan fingerprint density at radius 3 is 2.79 bits per heavy atom. The number of amides is 1. The zero-order valence-electron chi connectivity index (χ0n) is 16.2. The van der Waals surface area contributed by atoms with E-state index in [4.69, 9.17) is 9.72 Å². The summed E-state index contributed by atoms with van der Waals surface area (Å²) in [6, 6.07) is 1.94. The highest BCUT2D eigenvalue weighted by Gasteiger charge is 2.19. The minimum absolute atomic E-state index is 0.0928. The summed E-state index contributed by atoms with van der Waals surface area (Å²) in [5.74, 6) is -0.0928. The third kappa shape index (κ3) is 3.96. The van der Waals surface area contributed by atoms with E-state index in [2.05, 4.69) is 15.3 Å². The second kappa shape index (κ2) is 8.02. The molecule has 1 aliphatic rings. The number of aryl methyl sites for hydroxylation is 2. The van der Waals surface area contributed by atoms with E-state index in [-0.39, 0.29) is 5.91 Å². The molecule has 0 saturated carbocycles. The van der Waals surface area contributed by atoms with Crippen molar-refractivity contribution >= 4 is 49.3 Å². The second-order valence-corrected chi connectivity index (χ2v) is 8.76. The van der Waals surface area contributed by atoms with Crippen molar-refractivity contribution < 1.29 is 9.53 Å². The van der Waals surface area contributed by atoms with Crippen LogP contribution in [0.25, 0.3) is 15.6 Å². The van der Waals surface area contributed by atoms with E-state index >= 15 is 0 Å². The van der Waals surface area contributed by atoms with Crippen molar-refractivity contribution in [1.82, 2.24) is 20.1 Å². The maximum atomic E-state index is 12.7. The summed E-state index contributed by atoms with van der Waals surface area (Å²) in [5.41, 5.74) is 2.81. The number of allylic oxidation sites excluding steroid dienone is 1. The van der Waals surface area contributed by atoms with Crippen LogP contribution in [0.15, 0.2) is 18.0 Å². The Labute approximate surface area is 171 Å². The van der Waals surface area contributed by atoms with Crippen LogP contribution in [0.4, 0.5) is 5.13 Å². The van der Waals surface area contributed by atoms with Gasteiger partial charge in [-0.15, -0.1) is 11.3 Å². The van der Waals surface area contributed by atoms with Crippen LogP contribution in [-0.2, 0) is 11.8 Å². The molecule has 1 aliphatic heterocycles. The molecule has 1 N–H and O–H groups in total. The van der Waals surface area contributed by atoms with E-state index < -0.39 is 0 Å².